The number of hydrogen-bond acceptors (Lipinski definition) is 4. The third-order valence-electron chi connectivity index (χ3n) is 3.10. The molecule has 104 valence electrons. The zero-order chi connectivity index (χ0) is 13.5. The van der Waals surface area contributed by atoms with Crippen LogP contribution in [0, 0.1) is 5.92 Å². The lowest BCUT2D eigenvalue weighted by atomic mass is 10.2. The van der Waals surface area contributed by atoms with Gasteiger partial charge >= 0.3 is 0 Å². The Bertz CT molecular complexity index is 336. The third-order valence-corrected chi connectivity index (χ3v) is 4.14. The molecule has 4 heteroatoms. The molecule has 0 fully saturated rings. The fourth-order valence-corrected chi connectivity index (χ4v) is 2.90. The van der Waals surface area contributed by atoms with Gasteiger partial charge in [-0.1, -0.05) is 20.8 Å². The van der Waals surface area contributed by atoms with Gasteiger partial charge in [0.2, 0.25) is 0 Å². The molecule has 0 spiro atoms. The summed E-state index contributed by atoms with van der Waals surface area (Å²) in [5.74, 6) is 0.699. The fourth-order valence-electron chi connectivity index (χ4n) is 1.85. The summed E-state index contributed by atoms with van der Waals surface area (Å²) in [6, 6.07) is 0.567. The molecule has 18 heavy (non-hydrogen) atoms. The molecule has 0 aliphatic carbocycles. The first-order chi connectivity index (χ1) is 8.58. The van der Waals surface area contributed by atoms with Crippen LogP contribution in [0.5, 0.6) is 0 Å². The van der Waals surface area contributed by atoms with Crippen molar-refractivity contribution < 1.29 is 0 Å². The van der Waals surface area contributed by atoms with Gasteiger partial charge in [0.15, 0.2) is 5.13 Å². The molecule has 1 rings (SSSR count). The second-order valence-corrected chi connectivity index (χ2v) is 6.27. The van der Waals surface area contributed by atoms with Gasteiger partial charge in [-0.05, 0) is 32.7 Å². The van der Waals surface area contributed by atoms with Crippen LogP contribution in [0.15, 0.2) is 6.20 Å². The molecule has 3 nitrogen and oxygen atoms in total. The van der Waals surface area contributed by atoms with Crippen molar-refractivity contribution in [2.75, 3.05) is 18.0 Å². The van der Waals surface area contributed by atoms with E-state index in [1.54, 1.807) is 0 Å². The highest BCUT2D eigenvalue weighted by Crippen LogP contribution is 2.24. The van der Waals surface area contributed by atoms with Gasteiger partial charge in [0.25, 0.3) is 0 Å². The zero-order valence-corrected chi connectivity index (χ0v) is 13.2. The maximum Gasteiger partial charge on any atom is 0.185 e. The van der Waals surface area contributed by atoms with Crippen molar-refractivity contribution >= 4 is 16.5 Å². The highest BCUT2D eigenvalue weighted by atomic mass is 32.1. The molecular formula is C14H27N3S. The second kappa shape index (κ2) is 7.74. The van der Waals surface area contributed by atoms with Crippen LogP contribution in [0.3, 0.4) is 0 Å². The van der Waals surface area contributed by atoms with E-state index in [4.69, 9.17) is 0 Å². The highest BCUT2D eigenvalue weighted by Gasteiger charge is 2.14. The Morgan fingerprint density at radius 2 is 2.06 bits per heavy atom. The lowest BCUT2D eigenvalue weighted by Crippen LogP contribution is -2.32. The van der Waals surface area contributed by atoms with Gasteiger partial charge in [-0.15, -0.1) is 11.3 Å². The smallest absolute Gasteiger partial charge is 0.185 e. The summed E-state index contributed by atoms with van der Waals surface area (Å²) >= 11 is 1.81. The van der Waals surface area contributed by atoms with Crippen molar-refractivity contribution in [1.82, 2.24) is 10.3 Å². The molecule has 0 aromatic carbocycles. The molecule has 1 N–H and O–H groups in total. The minimum atomic E-state index is 0.567. The summed E-state index contributed by atoms with van der Waals surface area (Å²) in [5, 5.41) is 4.63. The van der Waals surface area contributed by atoms with E-state index in [0.717, 1.165) is 31.2 Å². The molecule has 0 aliphatic rings. The second-order valence-electron chi connectivity index (χ2n) is 5.18. The van der Waals surface area contributed by atoms with Crippen LogP contribution in [-0.4, -0.2) is 24.1 Å². The number of nitrogens with one attached hydrogen (secondary N) is 1. The lowest BCUT2D eigenvalue weighted by molar-refractivity contribution is 0.554. The van der Waals surface area contributed by atoms with Crippen LogP contribution < -0.4 is 10.2 Å². The molecule has 0 aliphatic heterocycles. The van der Waals surface area contributed by atoms with E-state index in [1.807, 2.05) is 17.5 Å². The van der Waals surface area contributed by atoms with Crippen LogP contribution in [0.1, 0.15) is 45.9 Å². The quantitative estimate of drug-likeness (QED) is 0.783. The van der Waals surface area contributed by atoms with Crippen LogP contribution in [-0.2, 0) is 6.54 Å². The number of thiazole rings is 1. The van der Waals surface area contributed by atoms with E-state index in [-0.39, 0.29) is 0 Å². The van der Waals surface area contributed by atoms with E-state index < -0.39 is 0 Å². The van der Waals surface area contributed by atoms with Gasteiger partial charge in [-0.3, -0.25) is 0 Å². The standard InChI is InChI=1S/C14H27N3S/c1-6-12(5)17(7-2)14-16-10-13(18-14)9-15-8-11(3)4/h10-12,15H,6-9H2,1-5H3. The predicted octanol–water partition coefficient (Wildman–Crippen LogP) is 3.51. The molecule has 1 aromatic rings. The van der Waals surface area contributed by atoms with E-state index in [1.165, 1.54) is 4.88 Å². The Kier molecular flexibility index (Phi) is 6.65. The normalized spacial score (nSPS) is 13.0. The lowest BCUT2D eigenvalue weighted by Gasteiger charge is -2.26. The van der Waals surface area contributed by atoms with Gasteiger partial charge in [-0.25, -0.2) is 4.98 Å². The van der Waals surface area contributed by atoms with Crippen LogP contribution in [0.4, 0.5) is 5.13 Å². The van der Waals surface area contributed by atoms with E-state index in [0.29, 0.717) is 12.0 Å². The topological polar surface area (TPSA) is 28.2 Å². The van der Waals surface area contributed by atoms with Crippen molar-refractivity contribution in [2.24, 2.45) is 5.92 Å². The summed E-state index contributed by atoms with van der Waals surface area (Å²) in [6.07, 6.45) is 3.17. The minimum Gasteiger partial charge on any atom is -0.346 e. The number of rotatable bonds is 8. The Morgan fingerprint density at radius 1 is 1.33 bits per heavy atom. The van der Waals surface area contributed by atoms with Gasteiger partial charge in [0.1, 0.15) is 0 Å². The summed E-state index contributed by atoms with van der Waals surface area (Å²) < 4.78 is 0. The zero-order valence-electron chi connectivity index (χ0n) is 12.4. The maximum absolute atomic E-state index is 4.56. The Hall–Kier alpha value is -0.610. The number of nitrogens with zero attached hydrogens (tertiary/aromatic N) is 2. The SMILES string of the molecule is CCC(C)N(CC)c1ncc(CNCC(C)C)s1. The first-order valence-electron chi connectivity index (χ1n) is 7.00. The first kappa shape index (κ1) is 15.4. The minimum absolute atomic E-state index is 0.567. The van der Waals surface area contributed by atoms with Crippen LogP contribution >= 0.6 is 11.3 Å². The van der Waals surface area contributed by atoms with Crippen molar-refractivity contribution in [1.29, 1.82) is 0 Å². The number of hydrogen-bond donors (Lipinski definition) is 1. The summed E-state index contributed by atoms with van der Waals surface area (Å²) in [6.45, 7) is 14.2. The molecule has 0 radical (unpaired) electrons. The van der Waals surface area contributed by atoms with Crippen LogP contribution in [0.2, 0.25) is 0 Å². The molecule has 1 unspecified atom stereocenters. The van der Waals surface area contributed by atoms with Gasteiger partial charge in [-0.2, -0.15) is 0 Å². The summed E-state index contributed by atoms with van der Waals surface area (Å²) in [5.41, 5.74) is 0. The molecular weight excluding hydrogens is 242 g/mol. The molecule has 1 heterocycles. The third kappa shape index (κ3) is 4.58. The Labute approximate surface area is 116 Å². The van der Waals surface area contributed by atoms with Gasteiger partial charge in [0, 0.05) is 30.2 Å². The molecule has 0 amide bonds. The highest BCUT2D eigenvalue weighted by molar-refractivity contribution is 7.15. The summed E-state index contributed by atoms with van der Waals surface area (Å²) in [7, 11) is 0. The monoisotopic (exact) mass is 269 g/mol. The van der Waals surface area contributed by atoms with Gasteiger partial charge in [0.05, 0.1) is 0 Å². The predicted molar refractivity (Wildman–Crippen MR) is 81.4 cm³/mol. The average molecular weight is 269 g/mol. The molecule has 0 saturated carbocycles. The summed E-state index contributed by atoms with van der Waals surface area (Å²) in [4.78, 5) is 8.27. The van der Waals surface area contributed by atoms with Crippen molar-refractivity contribution in [3.05, 3.63) is 11.1 Å². The maximum atomic E-state index is 4.56. The van der Waals surface area contributed by atoms with Crippen molar-refractivity contribution in [2.45, 2.75) is 53.6 Å². The molecule has 1 aromatic heterocycles. The Balaban J connectivity index is 2.55. The van der Waals surface area contributed by atoms with E-state index in [9.17, 15) is 0 Å². The molecule has 0 saturated heterocycles. The van der Waals surface area contributed by atoms with Crippen LogP contribution in [0.25, 0.3) is 0 Å². The van der Waals surface area contributed by atoms with Gasteiger partial charge < -0.3 is 10.2 Å². The molecule has 1 atom stereocenters. The van der Waals surface area contributed by atoms with E-state index >= 15 is 0 Å². The fraction of sp³-hybridized carbons (Fsp3) is 0.786. The van der Waals surface area contributed by atoms with Crippen molar-refractivity contribution in [3.8, 4) is 0 Å². The number of aromatic nitrogens is 1. The largest absolute Gasteiger partial charge is 0.346 e. The Morgan fingerprint density at radius 3 is 2.61 bits per heavy atom. The first-order valence-corrected chi connectivity index (χ1v) is 7.82. The average Bonchev–Trinajstić information content (AvgIpc) is 2.78. The van der Waals surface area contributed by atoms with Crippen molar-refractivity contribution in [3.63, 3.8) is 0 Å². The molecule has 0 bridgehead atoms. The number of anilines is 1. The van der Waals surface area contributed by atoms with E-state index in [2.05, 4.69) is 49.8 Å².